The van der Waals surface area contributed by atoms with Crippen molar-refractivity contribution in [2.24, 2.45) is 0 Å². The number of rotatable bonds is 5. The standard InChI is InChI=1S/C17H16Cl3N5O/c1-10-5-16(22-17(26)9-25-11(2)15(20)7-21-25)23-24(10)8-12-3-4-13(18)6-14(12)19/h3-7H,8-9H2,1-2H3,(H,22,23,26). The molecule has 0 fully saturated rings. The van der Waals surface area contributed by atoms with E-state index in [4.69, 9.17) is 34.8 Å². The lowest BCUT2D eigenvalue weighted by Gasteiger charge is -2.07. The van der Waals surface area contributed by atoms with Gasteiger partial charge in [-0.2, -0.15) is 10.2 Å². The second-order valence-corrected chi connectivity index (χ2v) is 7.10. The smallest absolute Gasteiger partial charge is 0.247 e. The first-order chi connectivity index (χ1) is 12.3. The molecule has 0 saturated heterocycles. The number of amides is 1. The van der Waals surface area contributed by atoms with Gasteiger partial charge in [-0.3, -0.25) is 14.2 Å². The highest BCUT2D eigenvalue weighted by Crippen LogP contribution is 2.22. The second-order valence-electron chi connectivity index (χ2n) is 5.85. The molecule has 9 heteroatoms. The Morgan fingerprint density at radius 1 is 1.12 bits per heavy atom. The molecule has 26 heavy (non-hydrogen) atoms. The highest BCUT2D eigenvalue weighted by atomic mass is 35.5. The number of hydrogen-bond donors (Lipinski definition) is 1. The third kappa shape index (κ3) is 4.20. The molecular weight excluding hydrogens is 397 g/mol. The maximum Gasteiger partial charge on any atom is 0.247 e. The van der Waals surface area contributed by atoms with E-state index in [-0.39, 0.29) is 12.5 Å². The summed E-state index contributed by atoms with van der Waals surface area (Å²) in [6.45, 7) is 4.25. The van der Waals surface area contributed by atoms with Gasteiger partial charge in [-0.1, -0.05) is 40.9 Å². The predicted molar refractivity (Wildman–Crippen MR) is 103 cm³/mol. The zero-order valence-electron chi connectivity index (χ0n) is 14.1. The molecule has 2 aromatic heterocycles. The van der Waals surface area contributed by atoms with Gasteiger partial charge >= 0.3 is 0 Å². The van der Waals surface area contributed by atoms with Crippen LogP contribution in [0, 0.1) is 13.8 Å². The summed E-state index contributed by atoms with van der Waals surface area (Å²) in [7, 11) is 0. The van der Waals surface area contributed by atoms with Crippen LogP contribution in [0.1, 0.15) is 17.0 Å². The molecule has 0 bridgehead atoms. The number of carbonyl (C=O) groups is 1. The molecule has 0 saturated carbocycles. The molecule has 1 aromatic carbocycles. The van der Waals surface area contributed by atoms with E-state index in [1.165, 1.54) is 10.9 Å². The number of anilines is 1. The normalized spacial score (nSPS) is 11.0. The number of hydrogen-bond acceptors (Lipinski definition) is 3. The fourth-order valence-corrected chi connectivity index (χ4v) is 3.05. The molecule has 3 aromatic rings. The van der Waals surface area contributed by atoms with E-state index in [1.54, 1.807) is 29.8 Å². The second kappa shape index (κ2) is 7.70. The van der Waals surface area contributed by atoms with E-state index < -0.39 is 0 Å². The molecule has 0 aliphatic rings. The maximum atomic E-state index is 12.2. The van der Waals surface area contributed by atoms with Gasteiger partial charge in [-0.25, -0.2) is 0 Å². The molecule has 0 unspecified atom stereocenters. The highest BCUT2D eigenvalue weighted by Gasteiger charge is 2.12. The third-order valence-corrected chi connectivity index (χ3v) is 4.88. The lowest BCUT2D eigenvalue weighted by atomic mass is 10.2. The first-order valence-corrected chi connectivity index (χ1v) is 8.93. The monoisotopic (exact) mass is 411 g/mol. The lowest BCUT2D eigenvalue weighted by molar-refractivity contribution is -0.117. The Kier molecular flexibility index (Phi) is 5.55. The molecule has 1 amide bonds. The number of aryl methyl sites for hydroxylation is 1. The summed E-state index contributed by atoms with van der Waals surface area (Å²) in [6.07, 6.45) is 1.51. The van der Waals surface area contributed by atoms with Crippen LogP contribution in [0.25, 0.3) is 0 Å². The Morgan fingerprint density at radius 2 is 1.88 bits per heavy atom. The van der Waals surface area contributed by atoms with E-state index in [2.05, 4.69) is 15.5 Å². The van der Waals surface area contributed by atoms with E-state index in [1.807, 2.05) is 13.0 Å². The fraction of sp³-hybridized carbons (Fsp3) is 0.235. The molecule has 0 atom stereocenters. The summed E-state index contributed by atoms with van der Waals surface area (Å²) in [6, 6.07) is 7.12. The summed E-state index contributed by atoms with van der Waals surface area (Å²) < 4.78 is 3.30. The van der Waals surface area contributed by atoms with Crippen molar-refractivity contribution in [2.75, 3.05) is 5.32 Å². The van der Waals surface area contributed by atoms with Gasteiger partial charge in [-0.05, 0) is 31.5 Å². The first-order valence-electron chi connectivity index (χ1n) is 7.79. The van der Waals surface area contributed by atoms with Gasteiger partial charge in [-0.15, -0.1) is 0 Å². The Labute approximate surface area is 165 Å². The number of nitrogens with one attached hydrogen (secondary N) is 1. The summed E-state index contributed by atoms with van der Waals surface area (Å²) >= 11 is 18.1. The Balaban J connectivity index is 1.69. The van der Waals surface area contributed by atoms with E-state index in [9.17, 15) is 4.79 Å². The number of nitrogens with zero attached hydrogens (tertiary/aromatic N) is 4. The quantitative estimate of drug-likeness (QED) is 0.678. The minimum absolute atomic E-state index is 0.0630. The van der Waals surface area contributed by atoms with Crippen LogP contribution in [0.5, 0.6) is 0 Å². The fourth-order valence-electron chi connectivity index (χ4n) is 2.44. The van der Waals surface area contributed by atoms with Crippen molar-refractivity contribution in [3.05, 3.63) is 62.5 Å². The zero-order chi connectivity index (χ0) is 18.8. The van der Waals surface area contributed by atoms with Crippen LogP contribution < -0.4 is 5.32 Å². The van der Waals surface area contributed by atoms with Gasteiger partial charge in [0.15, 0.2) is 5.82 Å². The van der Waals surface area contributed by atoms with Gasteiger partial charge in [0.2, 0.25) is 5.91 Å². The summed E-state index contributed by atoms with van der Waals surface area (Å²) in [4.78, 5) is 12.2. The van der Waals surface area contributed by atoms with E-state index in [0.717, 1.165) is 17.0 Å². The van der Waals surface area contributed by atoms with Gasteiger partial charge in [0, 0.05) is 21.8 Å². The van der Waals surface area contributed by atoms with Crippen molar-refractivity contribution in [3.8, 4) is 0 Å². The van der Waals surface area contributed by atoms with Crippen molar-refractivity contribution in [3.63, 3.8) is 0 Å². The van der Waals surface area contributed by atoms with Crippen LogP contribution in [0.2, 0.25) is 15.1 Å². The van der Waals surface area contributed by atoms with Gasteiger partial charge in [0.1, 0.15) is 6.54 Å². The van der Waals surface area contributed by atoms with E-state index >= 15 is 0 Å². The van der Waals surface area contributed by atoms with Crippen LogP contribution in [0.15, 0.2) is 30.5 Å². The Morgan fingerprint density at radius 3 is 2.54 bits per heavy atom. The van der Waals surface area contributed by atoms with Gasteiger partial charge < -0.3 is 5.32 Å². The predicted octanol–water partition coefficient (Wildman–Crippen LogP) is 4.34. The molecule has 0 radical (unpaired) electrons. The maximum absolute atomic E-state index is 12.2. The highest BCUT2D eigenvalue weighted by molar-refractivity contribution is 6.35. The van der Waals surface area contributed by atoms with Crippen molar-refractivity contribution in [1.82, 2.24) is 19.6 Å². The van der Waals surface area contributed by atoms with Crippen LogP contribution in [0.4, 0.5) is 5.82 Å². The van der Waals surface area contributed by atoms with E-state index in [0.29, 0.717) is 27.4 Å². The van der Waals surface area contributed by atoms with Crippen molar-refractivity contribution >= 4 is 46.5 Å². The average molecular weight is 413 g/mol. The third-order valence-electron chi connectivity index (χ3n) is 3.92. The molecule has 136 valence electrons. The van der Waals surface area contributed by atoms with Crippen LogP contribution in [-0.2, 0) is 17.9 Å². The molecule has 2 heterocycles. The molecule has 0 aliphatic heterocycles. The molecule has 0 aliphatic carbocycles. The topological polar surface area (TPSA) is 64.7 Å². The SMILES string of the molecule is Cc1cc(NC(=O)Cn2ncc(Cl)c2C)nn1Cc1ccc(Cl)cc1Cl. The Hall–Kier alpha value is -2.02. The van der Waals surface area contributed by atoms with Crippen molar-refractivity contribution in [1.29, 1.82) is 0 Å². The van der Waals surface area contributed by atoms with Crippen molar-refractivity contribution in [2.45, 2.75) is 26.9 Å². The van der Waals surface area contributed by atoms with Crippen LogP contribution in [0.3, 0.4) is 0 Å². The van der Waals surface area contributed by atoms with Gasteiger partial charge in [0.25, 0.3) is 0 Å². The molecule has 0 spiro atoms. The largest absolute Gasteiger partial charge is 0.308 e. The summed E-state index contributed by atoms with van der Waals surface area (Å²) in [5.41, 5.74) is 2.52. The molecule has 3 rings (SSSR count). The summed E-state index contributed by atoms with van der Waals surface area (Å²) in [5, 5.41) is 12.9. The number of benzene rings is 1. The minimum atomic E-state index is -0.234. The Bertz CT molecular complexity index is 963. The molecule has 6 nitrogen and oxygen atoms in total. The number of halogens is 3. The molecule has 1 N–H and O–H groups in total. The summed E-state index contributed by atoms with van der Waals surface area (Å²) in [5.74, 6) is 0.232. The zero-order valence-corrected chi connectivity index (χ0v) is 16.4. The van der Waals surface area contributed by atoms with Crippen LogP contribution in [-0.4, -0.2) is 25.5 Å². The number of aromatic nitrogens is 4. The molecular formula is C17H16Cl3N5O. The number of carbonyl (C=O) groups excluding carboxylic acids is 1. The van der Waals surface area contributed by atoms with Crippen LogP contribution >= 0.6 is 34.8 Å². The lowest BCUT2D eigenvalue weighted by Crippen LogP contribution is -2.20. The van der Waals surface area contributed by atoms with Gasteiger partial charge in [0.05, 0.1) is 23.5 Å². The van der Waals surface area contributed by atoms with Crippen molar-refractivity contribution < 1.29 is 4.79 Å². The minimum Gasteiger partial charge on any atom is -0.308 e. The first kappa shape index (κ1) is 18.8. The average Bonchev–Trinajstić information content (AvgIpc) is 3.06.